The van der Waals surface area contributed by atoms with E-state index < -0.39 is 25.1 Å². The van der Waals surface area contributed by atoms with Gasteiger partial charge in [-0.1, -0.05) is 90.5 Å². The highest BCUT2D eigenvalue weighted by Gasteiger charge is 2.57. The van der Waals surface area contributed by atoms with Crippen LogP contribution in [0.4, 0.5) is 17.1 Å². The van der Waals surface area contributed by atoms with Gasteiger partial charge in [0.2, 0.25) is 11.8 Å². The number of carbonyl (C=O) groups is 2. The number of para-hydroxylation sites is 1. The van der Waals surface area contributed by atoms with Crippen molar-refractivity contribution in [1.29, 1.82) is 0 Å². The van der Waals surface area contributed by atoms with Crippen LogP contribution in [0.2, 0.25) is 6.32 Å². The largest absolute Gasteiger partial charge is 0.507 e. The van der Waals surface area contributed by atoms with Crippen LogP contribution in [0.25, 0.3) is 22.4 Å². The maximum Gasteiger partial charge on any atom is 0.455 e. The van der Waals surface area contributed by atoms with Crippen LogP contribution in [0.3, 0.4) is 0 Å². The molecule has 8 heteroatoms. The number of phenols is 1. The zero-order chi connectivity index (χ0) is 35.1. The molecule has 1 aliphatic carbocycles. The molecule has 7 nitrogen and oxygen atoms in total. The lowest BCUT2D eigenvalue weighted by Gasteiger charge is -2.42. The lowest BCUT2D eigenvalue weighted by molar-refractivity contribution is -0.122. The molecule has 0 bridgehead atoms. The fraction of sp³-hybridized carbons (Fsp3) is 0.209. The summed E-state index contributed by atoms with van der Waals surface area (Å²) < 4.78 is 6.25. The number of allylic oxidation sites excluding steroid dienone is 2. The maximum atomic E-state index is 14.2. The molecular weight excluding hydrogens is 635 g/mol. The minimum atomic E-state index is -1.04. The van der Waals surface area contributed by atoms with Crippen LogP contribution in [0.5, 0.6) is 5.75 Å². The molecule has 2 heterocycles. The normalized spacial score (nSPS) is 22.0. The van der Waals surface area contributed by atoms with E-state index >= 15 is 0 Å². The van der Waals surface area contributed by atoms with Gasteiger partial charge in [0, 0.05) is 16.8 Å². The topological polar surface area (TPSA) is 99.1 Å². The highest BCUT2D eigenvalue weighted by molar-refractivity contribution is 6.43. The van der Waals surface area contributed by atoms with Crippen molar-refractivity contribution >= 4 is 58.4 Å². The molecule has 3 N–H and O–H groups in total. The van der Waals surface area contributed by atoms with Gasteiger partial charge in [0.05, 0.1) is 23.6 Å². The van der Waals surface area contributed by atoms with E-state index in [1.54, 1.807) is 6.07 Å². The second-order valence-corrected chi connectivity index (χ2v) is 13.8. The number of hydrogen-bond donors (Lipinski definition) is 3. The Balaban J connectivity index is 1.06. The van der Waals surface area contributed by atoms with Crippen LogP contribution < -0.4 is 10.2 Å². The predicted molar refractivity (Wildman–Crippen MR) is 203 cm³/mol. The number of anilines is 3. The minimum absolute atomic E-state index is 0.180. The first kappa shape index (κ1) is 32.8. The molecular formula is C43H39BN2O5. The van der Waals surface area contributed by atoms with Crippen LogP contribution in [-0.4, -0.2) is 35.2 Å². The Bertz CT molecular complexity index is 2170. The van der Waals surface area contributed by atoms with Crippen LogP contribution in [0.1, 0.15) is 37.3 Å². The first-order valence-electron chi connectivity index (χ1n) is 17.7. The van der Waals surface area contributed by atoms with Crippen molar-refractivity contribution in [3.8, 4) is 5.75 Å². The predicted octanol–water partition coefficient (Wildman–Crippen LogP) is 8.63. The van der Waals surface area contributed by atoms with Crippen LogP contribution in [0, 0.1) is 17.8 Å². The summed E-state index contributed by atoms with van der Waals surface area (Å²) in [5, 5.41) is 26.7. The second kappa shape index (κ2) is 13.7. The Morgan fingerprint density at radius 1 is 0.824 bits per heavy atom. The molecule has 51 heavy (non-hydrogen) atoms. The summed E-state index contributed by atoms with van der Waals surface area (Å²) >= 11 is 0. The van der Waals surface area contributed by atoms with Crippen molar-refractivity contribution in [3.63, 3.8) is 0 Å². The van der Waals surface area contributed by atoms with E-state index in [1.807, 2.05) is 110 Å². The third-order valence-corrected chi connectivity index (χ3v) is 10.7. The van der Waals surface area contributed by atoms with Crippen LogP contribution in [0.15, 0.2) is 132 Å². The molecule has 2 fully saturated rings. The standard InChI is InChI=1S/C43H39BN2O5/c1-27-24-36-41(43(49)46(42(36)48)33-20-18-32(19-21-33)45-31-12-6-3-7-13-31)37-26-44(50)51-39(40(27)37)23-17-29(28-10-4-2-5-11-28)25-30-16-22-38(47)35-15-9-8-14-34(30)35/h2-16,18-22,25,36-37,39,41,45,47,50H,17,23-24,26H2,1H3/b29-25-/t36-,37+,39-,41-/m1/s1. The highest BCUT2D eigenvalue weighted by Crippen LogP contribution is 2.51. The molecule has 8 rings (SSSR count). The Labute approximate surface area is 298 Å². The first-order valence-corrected chi connectivity index (χ1v) is 17.7. The van der Waals surface area contributed by atoms with Crippen molar-refractivity contribution in [2.45, 2.75) is 38.6 Å². The quantitative estimate of drug-likeness (QED) is 0.0660. The SMILES string of the molecule is CC1=C2[C@@H](CC/C(=C/c3ccc(O)c4ccccc34)c3ccccc3)OB(O)C[C@@H]2[C@@H]2C(=O)N(c3ccc(Nc4ccccc4)cc3)C(=O)[C@@H]2C1. The van der Waals surface area contributed by atoms with Gasteiger partial charge in [0.25, 0.3) is 0 Å². The monoisotopic (exact) mass is 674 g/mol. The first-order chi connectivity index (χ1) is 24.9. The fourth-order valence-electron chi connectivity index (χ4n) is 8.42. The van der Waals surface area contributed by atoms with Gasteiger partial charge in [-0.05, 0) is 109 Å². The molecule has 2 saturated heterocycles. The molecule has 254 valence electrons. The Hall–Kier alpha value is -5.44. The molecule has 0 spiro atoms. The summed E-state index contributed by atoms with van der Waals surface area (Å²) in [5.41, 5.74) is 7.66. The molecule has 0 aromatic heterocycles. The van der Waals surface area contributed by atoms with Gasteiger partial charge in [0.15, 0.2) is 0 Å². The Kier molecular flexibility index (Phi) is 8.80. The van der Waals surface area contributed by atoms with Crippen molar-refractivity contribution in [2.75, 3.05) is 10.2 Å². The summed E-state index contributed by atoms with van der Waals surface area (Å²) in [4.78, 5) is 29.5. The van der Waals surface area contributed by atoms with Gasteiger partial charge < -0.3 is 20.1 Å². The molecule has 5 aromatic rings. The summed E-state index contributed by atoms with van der Waals surface area (Å²) in [6.07, 6.45) is 3.78. The molecule has 2 aliphatic heterocycles. The van der Waals surface area contributed by atoms with E-state index in [0.29, 0.717) is 24.9 Å². The molecule has 5 aromatic carbocycles. The van der Waals surface area contributed by atoms with Crippen LogP contribution >= 0.6 is 0 Å². The molecule has 0 saturated carbocycles. The van der Waals surface area contributed by atoms with Gasteiger partial charge in [-0.15, -0.1) is 0 Å². The number of nitrogens with one attached hydrogen (secondary N) is 1. The lowest BCUT2D eigenvalue weighted by atomic mass is 9.58. The van der Waals surface area contributed by atoms with E-state index in [-0.39, 0.29) is 29.8 Å². The van der Waals surface area contributed by atoms with Gasteiger partial charge in [-0.2, -0.15) is 0 Å². The summed E-state index contributed by atoms with van der Waals surface area (Å²) in [6.45, 7) is 2.05. The molecule has 2 amide bonds. The van der Waals surface area contributed by atoms with Crippen molar-refractivity contribution < 1.29 is 24.4 Å². The van der Waals surface area contributed by atoms with Crippen molar-refractivity contribution in [1.82, 2.24) is 0 Å². The number of carbonyl (C=O) groups excluding carboxylic acids is 2. The third kappa shape index (κ3) is 6.26. The van der Waals surface area contributed by atoms with Gasteiger partial charge >= 0.3 is 7.12 Å². The Morgan fingerprint density at radius 3 is 2.24 bits per heavy atom. The summed E-state index contributed by atoms with van der Waals surface area (Å²) in [6, 6.07) is 38.9. The number of hydrogen-bond acceptors (Lipinski definition) is 6. The molecule has 0 unspecified atom stereocenters. The fourth-order valence-corrected chi connectivity index (χ4v) is 8.42. The zero-order valence-electron chi connectivity index (χ0n) is 28.4. The Morgan fingerprint density at radius 2 is 1.49 bits per heavy atom. The van der Waals surface area contributed by atoms with Crippen LogP contribution in [-0.2, 0) is 14.2 Å². The molecule has 3 aliphatic rings. The van der Waals surface area contributed by atoms with Gasteiger partial charge in [-0.3, -0.25) is 14.5 Å². The summed E-state index contributed by atoms with van der Waals surface area (Å²) in [7, 11) is -1.04. The molecule has 0 radical (unpaired) electrons. The average Bonchev–Trinajstić information content (AvgIpc) is 3.40. The maximum absolute atomic E-state index is 14.2. The third-order valence-electron chi connectivity index (χ3n) is 10.7. The molecule has 4 atom stereocenters. The summed E-state index contributed by atoms with van der Waals surface area (Å²) in [5.74, 6) is -1.45. The van der Waals surface area contributed by atoms with Crippen molar-refractivity contribution in [3.05, 3.63) is 144 Å². The average molecular weight is 675 g/mol. The number of benzene rings is 5. The lowest BCUT2D eigenvalue weighted by Crippen LogP contribution is -2.46. The van der Waals surface area contributed by atoms with E-state index in [4.69, 9.17) is 4.65 Å². The number of nitrogens with zero attached hydrogens (tertiary/aromatic N) is 1. The number of amides is 2. The van der Waals surface area contributed by atoms with E-state index in [0.717, 1.165) is 50.0 Å². The second-order valence-electron chi connectivity index (χ2n) is 13.8. The number of rotatable bonds is 8. The smallest absolute Gasteiger partial charge is 0.455 e. The van der Waals surface area contributed by atoms with Gasteiger partial charge in [-0.25, -0.2) is 0 Å². The highest BCUT2D eigenvalue weighted by atomic mass is 16.5. The zero-order valence-corrected chi connectivity index (χ0v) is 28.4. The number of imide groups is 1. The van der Waals surface area contributed by atoms with E-state index in [9.17, 15) is 19.7 Å². The van der Waals surface area contributed by atoms with Crippen molar-refractivity contribution in [2.24, 2.45) is 17.8 Å². The minimum Gasteiger partial charge on any atom is -0.507 e. The van der Waals surface area contributed by atoms with E-state index in [2.05, 4.69) is 23.5 Å². The van der Waals surface area contributed by atoms with E-state index in [1.165, 1.54) is 4.90 Å². The number of phenolic OH excluding ortho intramolecular Hbond substituents is 1. The van der Waals surface area contributed by atoms with Gasteiger partial charge in [0.1, 0.15) is 5.75 Å². The number of aromatic hydroxyl groups is 1. The number of fused-ring (bicyclic) bond motifs is 4.